The molecule has 0 fully saturated rings. The van der Waals surface area contributed by atoms with Crippen LogP contribution in [0.1, 0.15) is 0 Å². The summed E-state index contributed by atoms with van der Waals surface area (Å²) in [5, 5.41) is 0.194. The van der Waals surface area contributed by atoms with Gasteiger partial charge in [0.1, 0.15) is 10.8 Å². The van der Waals surface area contributed by atoms with Crippen LogP contribution >= 0.6 is 11.6 Å². The molecule has 0 saturated heterocycles. The number of nitrogens with two attached hydrogens (primary N) is 1. The minimum atomic E-state index is -0.453. The number of ether oxygens (including phenoxy) is 2. The van der Waals surface area contributed by atoms with Crippen LogP contribution in [0.2, 0.25) is 5.02 Å². The average molecular weight is 270 g/mol. The zero-order valence-electron chi connectivity index (χ0n) is 9.35. The number of methoxy groups -OCH3 is 1. The van der Waals surface area contributed by atoms with Crippen LogP contribution in [-0.4, -0.2) is 17.1 Å². The first kappa shape index (κ1) is 12.4. The first-order chi connectivity index (χ1) is 8.60. The summed E-state index contributed by atoms with van der Waals surface area (Å²) in [6.45, 7) is 0. The van der Waals surface area contributed by atoms with Crippen molar-refractivity contribution in [3.05, 3.63) is 35.2 Å². The third kappa shape index (κ3) is 2.60. The van der Waals surface area contributed by atoms with E-state index in [4.69, 9.17) is 26.8 Å². The third-order valence-corrected chi connectivity index (χ3v) is 2.31. The predicted molar refractivity (Wildman–Crippen MR) is 64.5 cm³/mol. The van der Waals surface area contributed by atoms with E-state index < -0.39 is 5.82 Å². The number of rotatable bonds is 3. The Hall–Kier alpha value is -2.08. The summed E-state index contributed by atoms with van der Waals surface area (Å²) in [7, 11) is 1.42. The van der Waals surface area contributed by atoms with Gasteiger partial charge in [0.15, 0.2) is 5.75 Å². The highest BCUT2D eigenvalue weighted by molar-refractivity contribution is 6.31. The van der Waals surface area contributed by atoms with Crippen molar-refractivity contribution in [3.63, 3.8) is 0 Å². The molecule has 0 aliphatic rings. The highest BCUT2D eigenvalue weighted by atomic mass is 35.5. The van der Waals surface area contributed by atoms with E-state index in [0.29, 0.717) is 0 Å². The van der Waals surface area contributed by atoms with Gasteiger partial charge in [-0.15, -0.1) is 0 Å². The number of aromatic nitrogens is 2. The van der Waals surface area contributed by atoms with E-state index in [1.54, 1.807) is 0 Å². The van der Waals surface area contributed by atoms with Gasteiger partial charge in [-0.05, 0) is 12.1 Å². The van der Waals surface area contributed by atoms with E-state index in [9.17, 15) is 4.39 Å². The normalized spacial score (nSPS) is 10.2. The van der Waals surface area contributed by atoms with Crippen molar-refractivity contribution in [1.82, 2.24) is 9.97 Å². The fourth-order valence-electron chi connectivity index (χ4n) is 1.22. The molecule has 1 aromatic carbocycles. The van der Waals surface area contributed by atoms with E-state index >= 15 is 0 Å². The minimum Gasteiger partial charge on any atom is -0.467 e. The second-order valence-electron chi connectivity index (χ2n) is 3.29. The molecule has 5 nitrogen and oxygen atoms in total. The van der Waals surface area contributed by atoms with Crippen molar-refractivity contribution in [2.24, 2.45) is 0 Å². The fraction of sp³-hybridized carbons (Fsp3) is 0.0909. The van der Waals surface area contributed by atoms with Crippen molar-refractivity contribution >= 4 is 17.3 Å². The van der Waals surface area contributed by atoms with Gasteiger partial charge in [0.25, 0.3) is 0 Å². The maximum Gasteiger partial charge on any atom is 0.319 e. The number of hydrogen-bond acceptors (Lipinski definition) is 5. The SMILES string of the molecule is COc1ncc(Cl)c(Oc2ccc(F)cc2N)n1. The van der Waals surface area contributed by atoms with E-state index in [0.717, 1.165) is 6.07 Å². The monoisotopic (exact) mass is 269 g/mol. The Morgan fingerprint density at radius 3 is 2.83 bits per heavy atom. The molecular formula is C11H9ClFN3O2. The van der Waals surface area contributed by atoms with Gasteiger partial charge in [0, 0.05) is 6.07 Å². The fourth-order valence-corrected chi connectivity index (χ4v) is 1.35. The lowest BCUT2D eigenvalue weighted by Gasteiger charge is -2.09. The molecule has 0 amide bonds. The average Bonchev–Trinajstić information content (AvgIpc) is 2.35. The number of hydrogen-bond donors (Lipinski definition) is 1. The van der Waals surface area contributed by atoms with Crippen LogP contribution in [-0.2, 0) is 0 Å². The van der Waals surface area contributed by atoms with Gasteiger partial charge >= 0.3 is 6.01 Å². The van der Waals surface area contributed by atoms with E-state index in [-0.39, 0.29) is 28.3 Å². The molecule has 0 unspecified atom stereocenters. The molecule has 0 saturated carbocycles. The Bertz CT molecular complexity index is 580. The Balaban J connectivity index is 2.33. The third-order valence-electron chi connectivity index (χ3n) is 2.05. The van der Waals surface area contributed by atoms with Crippen LogP contribution in [0.15, 0.2) is 24.4 Å². The number of benzene rings is 1. The standard InChI is InChI=1S/C11H9ClFN3O2/c1-17-11-15-5-7(12)10(16-11)18-9-3-2-6(13)4-8(9)14/h2-5H,14H2,1H3. The van der Waals surface area contributed by atoms with Gasteiger partial charge in [-0.3, -0.25) is 0 Å². The van der Waals surface area contributed by atoms with E-state index in [1.807, 2.05) is 0 Å². The molecule has 2 aromatic rings. The first-order valence-electron chi connectivity index (χ1n) is 4.89. The molecule has 7 heteroatoms. The molecule has 2 N–H and O–H groups in total. The largest absolute Gasteiger partial charge is 0.467 e. The Labute approximate surface area is 107 Å². The smallest absolute Gasteiger partial charge is 0.319 e. The topological polar surface area (TPSA) is 70.3 Å². The van der Waals surface area contributed by atoms with Gasteiger partial charge < -0.3 is 15.2 Å². The lowest BCUT2D eigenvalue weighted by molar-refractivity contribution is 0.366. The number of nitrogens with zero attached hydrogens (tertiary/aromatic N) is 2. The van der Waals surface area contributed by atoms with Gasteiger partial charge in [-0.2, -0.15) is 4.98 Å². The summed E-state index contributed by atoms with van der Waals surface area (Å²) in [4.78, 5) is 7.71. The molecule has 0 atom stereocenters. The summed E-state index contributed by atoms with van der Waals surface area (Å²) >= 11 is 5.87. The molecule has 0 spiro atoms. The molecule has 0 radical (unpaired) electrons. The molecule has 0 aliphatic carbocycles. The van der Waals surface area contributed by atoms with Crippen molar-refractivity contribution in [1.29, 1.82) is 0 Å². The van der Waals surface area contributed by atoms with Crippen molar-refractivity contribution in [3.8, 4) is 17.6 Å². The highest BCUT2D eigenvalue weighted by Gasteiger charge is 2.10. The quantitative estimate of drug-likeness (QED) is 0.868. The van der Waals surface area contributed by atoms with Gasteiger partial charge in [0.05, 0.1) is 19.0 Å². The minimum absolute atomic E-state index is 0.0850. The Kier molecular flexibility index (Phi) is 3.47. The summed E-state index contributed by atoms with van der Waals surface area (Å²) in [5.74, 6) is -0.118. The number of halogens is 2. The second-order valence-corrected chi connectivity index (χ2v) is 3.70. The van der Waals surface area contributed by atoms with E-state index in [1.165, 1.54) is 25.4 Å². The van der Waals surface area contributed by atoms with Crippen LogP contribution in [0.3, 0.4) is 0 Å². The van der Waals surface area contributed by atoms with Gasteiger partial charge in [-0.1, -0.05) is 11.6 Å². The summed E-state index contributed by atoms with van der Waals surface area (Å²) < 4.78 is 23.1. The molecule has 18 heavy (non-hydrogen) atoms. The van der Waals surface area contributed by atoms with Crippen LogP contribution in [0, 0.1) is 5.82 Å². The lowest BCUT2D eigenvalue weighted by Crippen LogP contribution is -1.98. The highest BCUT2D eigenvalue weighted by Crippen LogP contribution is 2.31. The Morgan fingerprint density at radius 1 is 1.39 bits per heavy atom. The zero-order valence-corrected chi connectivity index (χ0v) is 10.1. The maximum atomic E-state index is 12.9. The Morgan fingerprint density at radius 2 is 2.17 bits per heavy atom. The lowest BCUT2D eigenvalue weighted by atomic mass is 10.3. The van der Waals surface area contributed by atoms with Crippen LogP contribution in [0.25, 0.3) is 0 Å². The van der Waals surface area contributed by atoms with Crippen molar-refractivity contribution in [2.75, 3.05) is 12.8 Å². The molecule has 1 aromatic heterocycles. The number of anilines is 1. The van der Waals surface area contributed by atoms with E-state index in [2.05, 4.69) is 9.97 Å². The van der Waals surface area contributed by atoms with Crippen LogP contribution in [0.4, 0.5) is 10.1 Å². The second kappa shape index (κ2) is 5.05. The summed E-state index contributed by atoms with van der Waals surface area (Å²) in [5.41, 5.74) is 5.75. The molecule has 0 aliphatic heterocycles. The van der Waals surface area contributed by atoms with Crippen molar-refractivity contribution in [2.45, 2.75) is 0 Å². The number of nitrogen functional groups attached to an aromatic ring is 1. The van der Waals surface area contributed by atoms with Gasteiger partial charge in [-0.25, -0.2) is 9.37 Å². The van der Waals surface area contributed by atoms with Crippen LogP contribution in [0.5, 0.6) is 17.6 Å². The molecule has 1 heterocycles. The summed E-state index contributed by atoms with van der Waals surface area (Å²) in [6, 6.07) is 3.85. The molecular weight excluding hydrogens is 261 g/mol. The van der Waals surface area contributed by atoms with Crippen LogP contribution < -0.4 is 15.2 Å². The maximum absolute atomic E-state index is 12.9. The molecule has 0 bridgehead atoms. The molecule has 94 valence electrons. The van der Waals surface area contributed by atoms with Crippen molar-refractivity contribution < 1.29 is 13.9 Å². The first-order valence-corrected chi connectivity index (χ1v) is 5.27. The molecule has 2 rings (SSSR count). The zero-order chi connectivity index (χ0) is 13.1. The predicted octanol–water partition coefficient (Wildman–Crippen LogP) is 2.65. The summed E-state index contributed by atoms with van der Waals surface area (Å²) in [6.07, 6.45) is 1.34. The van der Waals surface area contributed by atoms with Gasteiger partial charge in [0.2, 0.25) is 5.88 Å².